The van der Waals surface area contributed by atoms with Crippen LogP contribution >= 0.6 is 18.5 Å². The maximum Gasteiger partial charge on any atom is 0.187 e. The Morgan fingerprint density at radius 1 is 0.667 bits per heavy atom. The maximum absolute atomic E-state index is 6.40. The molecule has 0 saturated heterocycles. The van der Waals surface area contributed by atoms with E-state index in [0.29, 0.717) is 0 Å². The summed E-state index contributed by atoms with van der Waals surface area (Å²) in [5, 5.41) is 2.41. The zero-order chi connectivity index (χ0) is 9.80. The van der Waals surface area contributed by atoms with Gasteiger partial charge in [-0.05, 0) is 10.6 Å². The average molecular weight is 251 g/mol. The first kappa shape index (κ1) is 12.8. The van der Waals surface area contributed by atoms with Gasteiger partial charge in [-0.2, -0.15) is 0 Å². The van der Waals surface area contributed by atoms with Gasteiger partial charge in [0.1, 0.15) is 0 Å². The molecule has 0 heterocycles. The first-order valence-electron chi connectivity index (χ1n) is 4.44. The van der Waals surface area contributed by atoms with Gasteiger partial charge in [0, 0.05) is 0 Å². The summed E-state index contributed by atoms with van der Waals surface area (Å²) < 4.78 is 0. The Kier molecular flexibility index (Phi) is 5.37. The molecular formula is C12H13AlClP. The molecule has 2 aromatic rings. The molecule has 3 heteroatoms. The van der Waals surface area contributed by atoms with Crippen LogP contribution in [-0.2, 0) is 0 Å². The van der Waals surface area contributed by atoms with Crippen LogP contribution in [0, 0.1) is 0 Å². The van der Waals surface area contributed by atoms with Gasteiger partial charge in [0.05, 0.1) is 7.27 Å². The third-order valence-electron chi connectivity index (χ3n) is 1.97. The summed E-state index contributed by atoms with van der Waals surface area (Å²) in [4.78, 5) is 0. The third kappa shape index (κ3) is 3.33. The van der Waals surface area contributed by atoms with Gasteiger partial charge in [-0.3, -0.25) is 0 Å². The van der Waals surface area contributed by atoms with Crippen molar-refractivity contribution in [1.29, 1.82) is 0 Å². The molecule has 15 heavy (non-hydrogen) atoms. The summed E-state index contributed by atoms with van der Waals surface area (Å²) in [6.45, 7) is 0. The van der Waals surface area contributed by atoms with Crippen molar-refractivity contribution in [1.82, 2.24) is 0 Å². The molecule has 2 aromatic carbocycles. The molecule has 0 amide bonds. The van der Waals surface area contributed by atoms with E-state index >= 15 is 0 Å². The van der Waals surface area contributed by atoms with Crippen molar-refractivity contribution in [3.05, 3.63) is 60.7 Å². The van der Waals surface area contributed by atoms with E-state index in [4.69, 9.17) is 11.2 Å². The molecule has 0 spiro atoms. The topological polar surface area (TPSA) is 0 Å². The second-order valence-electron chi connectivity index (χ2n) is 2.95. The minimum atomic E-state index is -0.699. The van der Waals surface area contributed by atoms with Crippen molar-refractivity contribution in [3.8, 4) is 0 Å². The van der Waals surface area contributed by atoms with Gasteiger partial charge in [-0.1, -0.05) is 71.9 Å². The van der Waals surface area contributed by atoms with Crippen LogP contribution in [-0.4, -0.2) is 17.4 Å². The van der Waals surface area contributed by atoms with Crippen molar-refractivity contribution in [3.63, 3.8) is 0 Å². The third-order valence-corrected chi connectivity index (χ3v) is 4.64. The Morgan fingerprint density at radius 3 is 1.33 bits per heavy atom. The fraction of sp³-hybridized carbons (Fsp3) is 0. The fourth-order valence-electron chi connectivity index (χ4n) is 1.27. The zero-order valence-electron chi connectivity index (χ0n) is 7.60. The van der Waals surface area contributed by atoms with Crippen LogP contribution in [0.5, 0.6) is 0 Å². The van der Waals surface area contributed by atoms with Gasteiger partial charge >= 0.3 is 0 Å². The molecule has 0 N–H and O–H groups in total. The Hall–Kier alpha value is -0.308. The van der Waals surface area contributed by atoms with E-state index in [9.17, 15) is 0 Å². The molecule has 0 aliphatic carbocycles. The van der Waals surface area contributed by atoms with Gasteiger partial charge in [0.25, 0.3) is 0 Å². The molecule has 76 valence electrons. The minimum Gasteiger partial charge on any atom is -0.0859 e. The monoisotopic (exact) mass is 250 g/mol. The molecule has 0 radical (unpaired) electrons. The molecule has 0 fully saturated rings. The maximum atomic E-state index is 6.40. The summed E-state index contributed by atoms with van der Waals surface area (Å²) >= 11 is 6.40. The first-order valence-corrected chi connectivity index (χ1v) is 6.68. The van der Waals surface area contributed by atoms with E-state index < -0.39 is 7.27 Å². The van der Waals surface area contributed by atoms with Crippen LogP contribution < -0.4 is 10.6 Å². The Labute approximate surface area is 107 Å². The number of benzene rings is 2. The second-order valence-corrected chi connectivity index (χ2v) is 5.56. The van der Waals surface area contributed by atoms with Crippen LogP contribution in [0.4, 0.5) is 0 Å². The average Bonchev–Trinajstić information content (AvgIpc) is 2.30. The molecule has 0 nitrogen and oxygen atoms in total. The summed E-state index contributed by atoms with van der Waals surface area (Å²) in [6, 6.07) is 20.4. The lowest BCUT2D eigenvalue weighted by atomic mass is 10.4. The highest BCUT2D eigenvalue weighted by Gasteiger charge is 2.08. The second kappa shape index (κ2) is 6.31. The normalized spacial score (nSPS) is 9.73. The molecule has 0 unspecified atom stereocenters. The quantitative estimate of drug-likeness (QED) is 0.566. The fourth-order valence-corrected chi connectivity index (χ4v) is 3.11. The Bertz CT molecular complexity index is 351. The highest BCUT2D eigenvalue weighted by molar-refractivity contribution is 7.95. The zero-order valence-corrected chi connectivity index (χ0v) is 9.25. The first-order chi connectivity index (χ1) is 6.88. The lowest BCUT2D eigenvalue weighted by Gasteiger charge is -2.09. The minimum absolute atomic E-state index is 0. The van der Waals surface area contributed by atoms with Crippen molar-refractivity contribution in [2.45, 2.75) is 0 Å². The highest BCUT2D eigenvalue weighted by Crippen LogP contribution is 2.38. The van der Waals surface area contributed by atoms with Crippen LogP contribution in [0.2, 0.25) is 0 Å². The predicted octanol–water partition coefficient (Wildman–Crippen LogP) is 2.09. The highest BCUT2D eigenvalue weighted by atomic mass is 35.7. The summed E-state index contributed by atoms with van der Waals surface area (Å²) in [6.07, 6.45) is 0. The molecule has 2 rings (SSSR count). The predicted molar refractivity (Wildman–Crippen MR) is 74.9 cm³/mol. The van der Waals surface area contributed by atoms with E-state index in [1.807, 2.05) is 36.4 Å². The summed E-state index contributed by atoms with van der Waals surface area (Å²) in [5.74, 6) is 0. The van der Waals surface area contributed by atoms with E-state index in [1.165, 1.54) is 10.6 Å². The number of hydrogen-bond acceptors (Lipinski definition) is 0. The van der Waals surface area contributed by atoms with Crippen molar-refractivity contribution < 1.29 is 0 Å². The largest absolute Gasteiger partial charge is 0.187 e. The van der Waals surface area contributed by atoms with E-state index in [0.717, 1.165) is 0 Å². The lowest BCUT2D eigenvalue weighted by Crippen LogP contribution is -2.06. The van der Waals surface area contributed by atoms with Gasteiger partial charge < -0.3 is 0 Å². The smallest absolute Gasteiger partial charge is 0.0859 e. The standard InChI is InChI=1S/C12H10ClP.Al.3H/c13-14(11-7-3-1-4-8-11)12-9-5-2-6-10-12;;;;/h1-10H;;;;. The molecule has 0 aromatic heterocycles. The van der Waals surface area contributed by atoms with Crippen LogP contribution in [0.25, 0.3) is 0 Å². The van der Waals surface area contributed by atoms with Crippen molar-refractivity contribution in [2.24, 2.45) is 0 Å². The van der Waals surface area contributed by atoms with E-state index in [-0.39, 0.29) is 17.4 Å². The molecule has 0 aliphatic heterocycles. The van der Waals surface area contributed by atoms with E-state index in [2.05, 4.69) is 24.3 Å². The lowest BCUT2D eigenvalue weighted by molar-refractivity contribution is 1.76. The molecule has 0 aliphatic rings. The van der Waals surface area contributed by atoms with Gasteiger partial charge in [-0.25, -0.2) is 0 Å². The summed E-state index contributed by atoms with van der Waals surface area (Å²) in [7, 11) is -0.699. The van der Waals surface area contributed by atoms with Gasteiger partial charge in [-0.15, -0.1) is 0 Å². The summed E-state index contributed by atoms with van der Waals surface area (Å²) in [5.41, 5.74) is 0. The van der Waals surface area contributed by atoms with Crippen molar-refractivity contribution >= 4 is 46.5 Å². The van der Waals surface area contributed by atoms with Gasteiger partial charge in [0.15, 0.2) is 17.4 Å². The molecule has 0 atom stereocenters. The Balaban J connectivity index is 0.00000112. The van der Waals surface area contributed by atoms with Gasteiger partial charge in [0.2, 0.25) is 0 Å². The van der Waals surface area contributed by atoms with Crippen LogP contribution in [0.3, 0.4) is 0 Å². The Morgan fingerprint density at radius 2 is 1.00 bits per heavy atom. The molecular weight excluding hydrogens is 238 g/mol. The molecule has 0 bridgehead atoms. The van der Waals surface area contributed by atoms with E-state index in [1.54, 1.807) is 0 Å². The number of hydrogen-bond donors (Lipinski definition) is 0. The van der Waals surface area contributed by atoms with Crippen LogP contribution in [0.15, 0.2) is 60.7 Å². The molecule has 0 saturated carbocycles. The SMILES string of the molecule is ClP(c1ccccc1)c1ccccc1.[AlH3]. The number of halogens is 1. The number of rotatable bonds is 2. The van der Waals surface area contributed by atoms with Crippen LogP contribution in [0.1, 0.15) is 0 Å². The van der Waals surface area contributed by atoms with Crippen molar-refractivity contribution in [2.75, 3.05) is 0 Å².